The second-order valence-electron chi connectivity index (χ2n) is 3.56. The van der Waals surface area contributed by atoms with Crippen molar-refractivity contribution in [2.24, 2.45) is 0 Å². The Balaban J connectivity index is 3.20. The smallest absolute Gasteiger partial charge is 0.312 e. The molecule has 1 rings (SSSR count). The molecule has 0 fully saturated rings. The summed E-state index contributed by atoms with van der Waals surface area (Å²) in [6.07, 6.45) is 0. The number of anilines is 1. The minimum Gasteiger partial charge on any atom is -0.490 e. The predicted octanol–water partition coefficient (Wildman–Crippen LogP) is 3.19. The Bertz CT molecular complexity index is 407. The maximum atomic E-state index is 10.8. The fourth-order valence-electron chi connectivity index (χ4n) is 1.27. The van der Waals surface area contributed by atoms with Gasteiger partial charge in [-0.05, 0) is 29.8 Å². The first-order valence-corrected chi connectivity index (χ1v) is 5.53. The minimum absolute atomic E-state index is 0.0521. The van der Waals surface area contributed by atoms with E-state index in [2.05, 4.69) is 21.2 Å². The molecule has 1 aromatic carbocycles. The number of hydrogen-bond donors (Lipinski definition) is 1. The maximum absolute atomic E-state index is 10.8. The van der Waals surface area contributed by atoms with E-state index in [0.717, 1.165) is 5.69 Å². The lowest BCUT2D eigenvalue weighted by Gasteiger charge is -2.13. The van der Waals surface area contributed by atoms with Gasteiger partial charge >= 0.3 is 5.69 Å². The van der Waals surface area contributed by atoms with Crippen LogP contribution in [0.5, 0.6) is 5.75 Å². The van der Waals surface area contributed by atoms with Gasteiger partial charge in [0.25, 0.3) is 0 Å². The van der Waals surface area contributed by atoms with Gasteiger partial charge in [0.15, 0.2) is 5.75 Å². The summed E-state index contributed by atoms with van der Waals surface area (Å²) in [5.41, 5.74) is 0.723. The number of methoxy groups -OCH3 is 1. The zero-order chi connectivity index (χ0) is 12.3. The van der Waals surface area contributed by atoms with E-state index in [0.29, 0.717) is 4.47 Å². The summed E-state index contributed by atoms with van der Waals surface area (Å²) in [5.74, 6) is 0.247. The molecule has 0 amide bonds. The van der Waals surface area contributed by atoms with Crippen molar-refractivity contribution in [1.82, 2.24) is 0 Å². The molecular formula is C10H13BrN2O3. The van der Waals surface area contributed by atoms with Crippen LogP contribution >= 0.6 is 15.9 Å². The van der Waals surface area contributed by atoms with Crippen molar-refractivity contribution in [3.63, 3.8) is 0 Å². The molecule has 0 heterocycles. The minimum atomic E-state index is -0.469. The molecule has 6 heteroatoms. The van der Waals surface area contributed by atoms with E-state index in [1.54, 1.807) is 6.07 Å². The molecule has 16 heavy (non-hydrogen) atoms. The Morgan fingerprint density at radius 1 is 1.50 bits per heavy atom. The van der Waals surface area contributed by atoms with Crippen LogP contribution in [0.3, 0.4) is 0 Å². The zero-order valence-corrected chi connectivity index (χ0v) is 10.9. The third kappa shape index (κ3) is 2.85. The van der Waals surface area contributed by atoms with Crippen molar-refractivity contribution in [1.29, 1.82) is 0 Å². The van der Waals surface area contributed by atoms with Crippen molar-refractivity contribution < 1.29 is 9.66 Å². The van der Waals surface area contributed by atoms with Crippen molar-refractivity contribution in [2.45, 2.75) is 19.9 Å². The van der Waals surface area contributed by atoms with Crippen LogP contribution in [-0.4, -0.2) is 18.1 Å². The van der Waals surface area contributed by atoms with Crippen LogP contribution in [-0.2, 0) is 0 Å². The molecule has 0 aliphatic rings. The lowest BCUT2D eigenvalue weighted by atomic mass is 10.2. The topological polar surface area (TPSA) is 64.4 Å². The van der Waals surface area contributed by atoms with Gasteiger partial charge in [0.05, 0.1) is 17.7 Å². The van der Waals surface area contributed by atoms with Crippen LogP contribution in [0.15, 0.2) is 16.6 Å². The molecule has 5 nitrogen and oxygen atoms in total. The van der Waals surface area contributed by atoms with Crippen LogP contribution in [0.4, 0.5) is 11.4 Å². The largest absolute Gasteiger partial charge is 0.490 e. The van der Waals surface area contributed by atoms with Crippen LogP contribution in [0.25, 0.3) is 0 Å². The number of halogens is 1. The second kappa shape index (κ2) is 5.16. The highest BCUT2D eigenvalue weighted by Gasteiger charge is 2.18. The Morgan fingerprint density at radius 3 is 2.56 bits per heavy atom. The first-order chi connectivity index (χ1) is 7.45. The molecule has 0 saturated carbocycles. The molecule has 0 saturated heterocycles. The lowest BCUT2D eigenvalue weighted by molar-refractivity contribution is -0.385. The molecule has 1 N–H and O–H groups in total. The Labute approximate surface area is 102 Å². The van der Waals surface area contributed by atoms with E-state index >= 15 is 0 Å². The number of nitrogens with one attached hydrogen (secondary N) is 1. The fraction of sp³-hybridized carbons (Fsp3) is 0.400. The second-order valence-corrected chi connectivity index (χ2v) is 4.41. The molecular weight excluding hydrogens is 276 g/mol. The molecule has 0 bridgehead atoms. The molecule has 0 aliphatic carbocycles. The number of hydrogen-bond acceptors (Lipinski definition) is 4. The molecule has 0 spiro atoms. The fourth-order valence-corrected chi connectivity index (χ4v) is 1.72. The average molecular weight is 289 g/mol. The molecule has 88 valence electrons. The number of rotatable bonds is 4. The highest BCUT2D eigenvalue weighted by molar-refractivity contribution is 9.10. The van der Waals surface area contributed by atoms with E-state index in [1.165, 1.54) is 13.2 Å². The number of nitrogens with zero attached hydrogens (tertiary/aromatic N) is 1. The normalized spacial score (nSPS) is 10.3. The van der Waals surface area contributed by atoms with Gasteiger partial charge in [0.1, 0.15) is 0 Å². The van der Waals surface area contributed by atoms with Crippen molar-refractivity contribution in [3.8, 4) is 5.75 Å². The van der Waals surface area contributed by atoms with Gasteiger partial charge in [0, 0.05) is 22.6 Å². The summed E-state index contributed by atoms with van der Waals surface area (Å²) in [5, 5.41) is 13.9. The summed E-state index contributed by atoms with van der Waals surface area (Å²) in [4.78, 5) is 10.3. The van der Waals surface area contributed by atoms with Crippen LogP contribution in [0, 0.1) is 10.1 Å². The third-order valence-corrected chi connectivity index (χ3v) is 2.57. The summed E-state index contributed by atoms with van der Waals surface area (Å²) < 4.78 is 5.63. The standard InChI is InChI=1S/C10H13BrN2O3/c1-6(2)12-8-5-10(16-3)9(13(14)15)4-7(8)11/h4-6,12H,1-3H3. The molecule has 0 aromatic heterocycles. The summed E-state index contributed by atoms with van der Waals surface area (Å²) in [6, 6.07) is 3.29. The zero-order valence-electron chi connectivity index (χ0n) is 9.28. The van der Waals surface area contributed by atoms with E-state index in [9.17, 15) is 10.1 Å². The van der Waals surface area contributed by atoms with Gasteiger partial charge in [-0.3, -0.25) is 10.1 Å². The molecule has 0 atom stereocenters. The van der Waals surface area contributed by atoms with Crippen molar-refractivity contribution >= 4 is 27.3 Å². The highest BCUT2D eigenvalue weighted by atomic mass is 79.9. The van der Waals surface area contributed by atoms with Crippen molar-refractivity contribution in [3.05, 3.63) is 26.7 Å². The highest BCUT2D eigenvalue weighted by Crippen LogP contribution is 2.36. The summed E-state index contributed by atoms with van der Waals surface area (Å²) in [7, 11) is 1.41. The third-order valence-electron chi connectivity index (χ3n) is 1.91. The number of nitro groups is 1. The number of ether oxygens (including phenoxy) is 1. The molecule has 0 unspecified atom stereocenters. The van der Waals surface area contributed by atoms with Gasteiger partial charge in [-0.2, -0.15) is 0 Å². The van der Waals surface area contributed by atoms with Gasteiger partial charge < -0.3 is 10.1 Å². The lowest BCUT2D eigenvalue weighted by Crippen LogP contribution is -2.10. The Hall–Kier alpha value is -1.30. The molecule has 0 radical (unpaired) electrons. The molecule has 0 aliphatic heterocycles. The first kappa shape index (κ1) is 12.8. The van der Waals surface area contributed by atoms with Crippen LogP contribution in [0.2, 0.25) is 0 Å². The van der Waals surface area contributed by atoms with E-state index in [4.69, 9.17) is 4.74 Å². The summed E-state index contributed by atoms with van der Waals surface area (Å²) in [6.45, 7) is 3.97. The van der Waals surface area contributed by atoms with E-state index in [1.807, 2.05) is 13.8 Å². The van der Waals surface area contributed by atoms with Gasteiger partial charge in [-0.15, -0.1) is 0 Å². The van der Waals surface area contributed by atoms with Gasteiger partial charge in [-0.25, -0.2) is 0 Å². The van der Waals surface area contributed by atoms with Crippen molar-refractivity contribution in [2.75, 3.05) is 12.4 Å². The quantitative estimate of drug-likeness (QED) is 0.683. The molecule has 1 aromatic rings. The monoisotopic (exact) mass is 288 g/mol. The van der Waals surface area contributed by atoms with E-state index in [-0.39, 0.29) is 17.5 Å². The summed E-state index contributed by atoms with van der Waals surface area (Å²) >= 11 is 3.28. The average Bonchev–Trinajstić information content (AvgIpc) is 2.19. The maximum Gasteiger partial charge on any atom is 0.312 e. The number of nitro benzene ring substituents is 1. The van der Waals surface area contributed by atoms with Crippen LogP contribution in [0.1, 0.15) is 13.8 Å². The Kier molecular flexibility index (Phi) is 4.12. The Morgan fingerprint density at radius 2 is 2.12 bits per heavy atom. The SMILES string of the molecule is COc1cc(NC(C)C)c(Br)cc1[N+](=O)[O-]. The van der Waals surface area contributed by atoms with Gasteiger partial charge in [-0.1, -0.05) is 0 Å². The number of benzene rings is 1. The van der Waals surface area contributed by atoms with Crippen LogP contribution < -0.4 is 10.1 Å². The van der Waals surface area contributed by atoms with Gasteiger partial charge in [0.2, 0.25) is 0 Å². The first-order valence-electron chi connectivity index (χ1n) is 4.74. The van der Waals surface area contributed by atoms with E-state index < -0.39 is 4.92 Å². The predicted molar refractivity (Wildman–Crippen MR) is 66.1 cm³/mol.